The summed E-state index contributed by atoms with van der Waals surface area (Å²) in [5.74, 6) is -0.937. The molecule has 6 nitrogen and oxygen atoms in total. The van der Waals surface area contributed by atoms with E-state index in [1.54, 1.807) is 12.0 Å². The maximum atomic E-state index is 12.1. The Hall–Kier alpha value is -1.47. The minimum atomic E-state index is -1.11. The second-order valence-electron chi connectivity index (χ2n) is 4.20. The topological polar surface area (TPSA) is 79.7 Å². The van der Waals surface area contributed by atoms with Crippen molar-refractivity contribution < 1.29 is 19.4 Å². The fourth-order valence-electron chi connectivity index (χ4n) is 1.99. The van der Waals surface area contributed by atoms with Crippen molar-refractivity contribution in [2.24, 2.45) is 5.92 Å². The number of aromatic carboxylic acids is 1. The minimum absolute atomic E-state index is 0.0732. The molecule has 0 aliphatic carbocycles. The lowest BCUT2D eigenvalue weighted by Gasteiger charge is -2.14. The van der Waals surface area contributed by atoms with Crippen LogP contribution < -0.4 is 0 Å². The van der Waals surface area contributed by atoms with Gasteiger partial charge in [-0.05, 0) is 6.42 Å². The summed E-state index contributed by atoms with van der Waals surface area (Å²) in [6.45, 7) is 1.96. The average Bonchev–Trinajstić information content (AvgIpc) is 2.97. The molecule has 0 bridgehead atoms. The van der Waals surface area contributed by atoms with E-state index in [1.165, 1.54) is 5.38 Å². The highest BCUT2D eigenvalue weighted by molar-refractivity contribution is 7.11. The number of likely N-dealkylation sites (tertiary alicyclic amines) is 1. The Bertz CT molecular complexity index is 460. The number of carboxylic acid groups (broad SMARTS) is 1. The first kappa shape index (κ1) is 13.0. The van der Waals surface area contributed by atoms with Crippen LogP contribution in [0.4, 0.5) is 0 Å². The predicted octanol–water partition coefficient (Wildman–Crippen LogP) is 0.950. The third kappa shape index (κ3) is 2.68. The lowest BCUT2D eigenvalue weighted by Crippen LogP contribution is -2.29. The first-order valence-corrected chi connectivity index (χ1v) is 6.46. The molecule has 0 spiro atoms. The molecule has 1 N–H and O–H groups in total. The lowest BCUT2D eigenvalue weighted by molar-refractivity contribution is 0.0691. The monoisotopic (exact) mass is 270 g/mol. The van der Waals surface area contributed by atoms with Crippen molar-refractivity contribution >= 4 is 23.2 Å². The fourth-order valence-corrected chi connectivity index (χ4v) is 2.75. The van der Waals surface area contributed by atoms with Crippen LogP contribution in [0.25, 0.3) is 0 Å². The number of hydrogen-bond acceptors (Lipinski definition) is 5. The van der Waals surface area contributed by atoms with E-state index in [0.29, 0.717) is 25.6 Å². The van der Waals surface area contributed by atoms with Crippen molar-refractivity contribution in [2.45, 2.75) is 6.42 Å². The highest BCUT2D eigenvalue weighted by Crippen LogP contribution is 2.20. The Kier molecular flexibility index (Phi) is 3.93. The first-order valence-electron chi connectivity index (χ1n) is 5.59. The number of aromatic nitrogens is 1. The van der Waals surface area contributed by atoms with Crippen LogP contribution >= 0.6 is 11.3 Å². The summed E-state index contributed by atoms with van der Waals surface area (Å²) in [6, 6.07) is 0. The molecule has 2 heterocycles. The zero-order chi connectivity index (χ0) is 13.1. The van der Waals surface area contributed by atoms with Gasteiger partial charge in [-0.25, -0.2) is 9.78 Å². The van der Waals surface area contributed by atoms with Crippen molar-refractivity contribution in [1.82, 2.24) is 9.88 Å². The summed E-state index contributed by atoms with van der Waals surface area (Å²) < 4.78 is 5.07. The Morgan fingerprint density at radius 2 is 2.44 bits per heavy atom. The molecule has 1 aromatic rings. The molecule has 1 amide bonds. The van der Waals surface area contributed by atoms with Crippen molar-refractivity contribution in [3.05, 3.63) is 16.1 Å². The van der Waals surface area contributed by atoms with Gasteiger partial charge in [-0.15, -0.1) is 11.3 Å². The molecule has 1 aliphatic rings. The number of thiazole rings is 1. The molecule has 18 heavy (non-hydrogen) atoms. The van der Waals surface area contributed by atoms with Crippen LogP contribution in [-0.2, 0) is 4.74 Å². The number of nitrogens with zero attached hydrogens (tertiary/aromatic N) is 2. The number of amides is 1. The van der Waals surface area contributed by atoms with Crippen LogP contribution in [0.1, 0.15) is 26.7 Å². The van der Waals surface area contributed by atoms with Gasteiger partial charge in [0.05, 0.1) is 6.61 Å². The summed E-state index contributed by atoms with van der Waals surface area (Å²) in [5.41, 5.74) is -0.0732. The van der Waals surface area contributed by atoms with E-state index in [2.05, 4.69) is 4.98 Å². The maximum Gasteiger partial charge on any atom is 0.355 e. The van der Waals surface area contributed by atoms with Crippen molar-refractivity contribution in [3.63, 3.8) is 0 Å². The molecule has 1 fully saturated rings. The first-order chi connectivity index (χ1) is 8.61. The molecule has 1 aromatic heterocycles. The zero-order valence-corrected chi connectivity index (χ0v) is 10.8. The van der Waals surface area contributed by atoms with Crippen LogP contribution in [0.2, 0.25) is 0 Å². The summed E-state index contributed by atoms with van der Waals surface area (Å²) in [6.07, 6.45) is 0.913. The molecular weight excluding hydrogens is 256 g/mol. The third-order valence-electron chi connectivity index (χ3n) is 2.88. The zero-order valence-electron chi connectivity index (χ0n) is 9.96. The van der Waals surface area contributed by atoms with Gasteiger partial charge < -0.3 is 14.7 Å². The van der Waals surface area contributed by atoms with Crippen LogP contribution in [0.5, 0.6) is 0 Å². The largest absolute Gasteiger partial charge is 0.476 e. The molecule has 1 atom stereocenters. The van der Waals surface area contributed by atoms with Crippen LogP contribution in [-0.4, -0.2) is 53.7 Å². The molecule has 98 valence electrons. The van der Waals surface area contributed by atoms with Crippen LogP contribution in [0.3, 0.4) is 0 Å². The Balaban J connectivity index is 2.01. The molecule has 1 unspecified atom stereocenters. The molecule has 1 aliphatic heterocycles. The van der Waals surface area contributed by atoms with E-state index >= 15 is 0 Å². The SMILES string of the molecule is COCC1CCN(C(=O)c2nc(C(=O)O)cs2)C1. The Morgan fingerprint density at radius 1 is 1.67 bits per heavy atom. The van der Waals surface area contributed by atoms with Crippen LogP contribution in [0, 0.1) is 5.92 Å². The van der Waals surface area contributed by atoms with Gasteiger partial charge in [-0.1, -0.05) is 0 Å². The van der Waals surface area contributed by atoms with E-state index in [1.807, 2.05) is 0 Å². The molecule has 0 radical (unpaired) electrons. The Morgan fingerprint density at radius 3 is 3.06 bits per heavy atom. The second-order valence-corrected chi connectivity index (χ2v) is 5.06. The number of rotatable bonds is 4. The standard InChI is InChI=1S/C11H14N2O4S/c1-17-5-7-2-3-13(4-7)10(14)9-12-8(6-18-9)11(15)16/h6-7H,2-5H2,1H3,(H,15,16). The quantitative estimate of drug-likeness (QED) is 0.881. The van der Waals surface area contributed by atoms with Gasteiger partial charge in [0.15, 0.2) is 10.7 Å². The van der Waals surface area contributed by atoms with Crippen molar-refractivity contribution in [1.29, 1.82) is 0 Å². The lowest BCUT2D eigenvalue weighted by atomic mass is 10.1. The number of hydrogen-bond donors (Lipinski definition) is 1. The van der Waals surface area contributed by atoms with Gasteiger partial charge in [0, 0.05) is 31.5 Å². The van der Waals surface area contributed by atoms with Crippen LogP contribution in [0.15, 0.2) is 5.38 Å². The summed E-state index contributed by atoms with van der Waals surface area (Å²) in [7, 11) is 1.64. The van der Waals surface area contributed by atoms with Gasteiger partial charge in [0.25, 0.3) is 5.91 Å². The number of carboxylic acids is 1. The fraction of sp³-hybridized carbons (Fsp3) is 0.545. The molecule has 0 aromatic carbocycles. The number of carbonyl (C=O) groups is 2. The highest BCUT2D eigenvalue weighted by Gasteiger charge is 2.28. The minimum Gasteiger partial charge on any atom is -0.476 e. The molecule has 0 saturated carbocycles. The van der Waals surface area contributed by atoms with Gasteiger partial charge >= 0.3 is 5.97 Å². The molecule has 1 saturated heterocycles. The number of ether oxygens (including phenoxy) is 1. The summed E-state index contributed by atoms with van der Waals surface area (Å²) in [5, 5.41) is 10.4. The van der Waals surface area contributed by atoms with Gasteiger partial charge in [-0.2, -0.15) is 0 Å². The van der Waals surface area contributed by atoms with E-state index < -0.39 is 5.97 Å². The van der Waals surface area contributed by atoms with Gasteiger partial charge in [-0.3, -0.25) is 4.79 Å². The third-order valence-corrected chi connectivity index (χ3v) is 3.71. The summed E-state index contributed by atoms with van der Waals surface area (Å²) >= 11 is 1.07. The molecular formula is C11H14N2O4S. The molecule has 7 heteroatoms. The molecule has 2 rings (SSSR count). The normalized spacial score (nSPS) is 19.2. The average molecular weight is 270 g/mol. The van der Waals surface area contributed by atoms with E-state index in [4.69, 9.17) is 9.84 Å². The second kappa shape index (κ2) is 5.45. The van der Waals surface area contributed by atoms with Gasteiger partial charge in [0.2, 0.25) is 0 Å². The Labute approximate surface area is 108 Å². The number of methoxy groups -OCH3 is 1. The van der Waals surface area contributed by atoms with Crippen molar-refractivity contribution in [2.75, 3.05) is 26.8 Å². The maximum absolute atomic E-state index is 12.1. The highest BCUT2D eigenvalue weighted by atomic mass is 32.1. The predicted molar refractivity (Wildman–Crippen MR) is 65.0 cm³/mol. The van der Waals surface area contributed by atoms with Gasteiger partial charge in [0.1, 0.15) is 0 Å². The van der Waals surface area contributed by atoms with E-state index in [0.717, 1.165) is 17.8 Å². The van der Waals surface area contributed by atoms with E-state index in [-0.39, 0.29) is 16.6 Å². The summed E-state index contributed by atoms with van der Waals surface area (Å²) in [4.78, 5) is 28.3. The van der Waals surface area contributed by atoms with E-state index in [9.17, 15) is 9.59 Å². The smallest absolute Gasteiger partial charge is 0.355 e. The number of carbonyl (C=O) groups excluding carboxylic acids is 1. The van der Waals surface area contributed by atoms with Crippen molar-refractivity contribution in [3.8, 4) is 0 Å².